The summed E-state index contributed by atoms with van der Waals surface area (Å²) in [6.07, 6.45) is 0.0889. The normalized spacial score (nSPS) is 13.4. The zero-order chi connectivity index (χ0) is 34.5. The van der Waals surface area contributed by atoms with Crippen LogP contribution in [0.2, 0.25) is 0 Å². The van der Waals surface area contributed by atoms with E-state index in [9.17, 15) is 13.2 Å². The molecule has 0 fully saturated rings. The molecule has 0 aromatic heterocycles. The van der Waals surface area contributed by atoms with Gasteiger partial charge in [0.15, 0.2) is 0 Å². The van der Waals surface area contributed by atoms with Gasteiger partial charge in [-0.15, -0.1) is 0 Å². The first kappa shape index (κ1) is 34.2. The topological polar surface area (TPSA) is 95.7 Å². The molecule has 2 bridgehead atoms. The summed E-state index contributed by atoms with van der Waals surface area (Å²) in [5.74, 6) is 0.739. The quantitative estimate of drug-likeness (QED) is 0.153. The van der Waals surface area contributed by atoms with E-state index in [1.807, 2.05) is 42.5 Å². The molecule has 4 aromatic carbocycles. The minimum Gasteiger partial charge on any atom is -0.496 e. The largest absolute Gasteiger partial charge is 0.496 e. The number of hydrogen-bond acceptors (Lipinski definition) is 5. The molecule has 7 heteroatoms. The van der Waals surface area contributed by atoms with Crippen molar-refractivity contribution in [3.63, 3.8) is 0 Å². The number of carbonyl (C=O) groups excluding carboxylic acids is 1. The molecule has 0 saturated heterocycles. The number of primary amides is 1. The maximum Gasteiger partial charge on any atom is 0.221 e. The van der Waals surface area contributed by atoms with Crippen LogP contribution >= 0.6 is 0 Å². The highest BCUT2D eigenvalue weighted by atomic mass is 32.2. The molecule has 2 aliphatic heterocycles. The third-order valence-electron chi connectivity index (χ3n) is 9.26. The van der Waals surface area contributed by atoms with E-state index in [2.05, 4.69) is 67.5 Å². The summed E-state index contributed by atoms with van der Waals surface area (Å²) in [4.78, 5) is 13.4. The Hall–Kier alpha value is -4.10. The van der Waals surface area contributed by atoms with E-state index in [4.69, 9.17) is 15.2 Å². The number of hydrogen-bond donors (Lipinski definition) is 1. The molecule has 0 unspecified atom stereocenters. The van der Waals surface area contributed by atoms with Crippen LogP contribution in [0, 0.1) is 0 Å². The molecule has 0 radical (unpaired) electrons. The van der Waals surface area contributed by atoms with Crippen LogP contribution in [0.1, 0.15) is 107 Å². The zero-order valence-electron chi connectivity index (χ0n) is 29.2. The molecule has 47 heavy (non-hydrogen) atoms. The van der Waals surface area contributed by atoms with Gasteiger partial charge < -0.3 is 15.2 Å². The molecule has 0 atom stereocenters. The molecule has 0 spiro atoms. The third-order valence-corrected chi connectivity index (χ3v) is 11.2. The van der Waals surface area contributed by atoms with Gasteiger partial charge in [0.25, 0.3) is 0 Å². The standard InChI is InChI=1S/C40H47NO5S/c1-21(2)27-19-28(25-15-11-13-17-30(25)45-9)36(33(22(3)4)29(27)20-32(41)42)38-34(23(5)6)39-37(26-16-12-14-18-31(26)46-10)40(47(39,43)44)35(38)24(7)8/h11-19,21-24H,20H2,1-10H3,(H2,41,42). The Morgan fingerprint density at radius 1 is 0.638 bits per heavy atom. The summed E-state index contributed by atoms with van der Waals surface area (Å²) in [5.41, 5.74) is 15.7. The van der Waals surface area contributed by atoms with E-state index in [0.717, 1.165) is 61.2 Å². The summed E-state index contributed by atoms with van der Waals surface area (Å²) in [6.45, 7) is 16.8. The molecule has 4 aromatic rings. The van der Waals surface area contributed by atoms with Gasteiger partial charge in [-0.1, -0.05) is 91.8 Å². The molecule has 0 saturated carbocycles. The molecule has 1 amide bonds. The number of ether oxygens (including phenoxy) is 2. The Bertz CT molecular complexity index is 1940. The van der Waals surface area contributed by atoms with Crippen molar-refractivity contribution < 1.29 is 22.7 Å². The number of benzene rings is 4. The van der Waals surface area contributed by atoms with Gasteiger partial charge in [-0.05, 0) is 86.4 Å². The van der Waals surface area contributed by atoms with E-state index >= 15 is 0 Å². The predicted molar refractivity (Wildman–Crippen MR) is 191 cm³/mol. The molecule has 2 N–H and O–H groups in total. The average molecular weight is 654 g/mol. The van der Waals surface area contributed by atoms with Crippen molar-refractivity contribution in [2.75, 3.05) is 14.2 Å². The highest BCUT2D eigenvalue weighted by Gasteiger charge is 2.47. The number of fused-ring (bicyclic) bond motifs is 2. The van der Waals surface area contributed by atoms with Crippen LogP contribution in [-0.2, 0) is 21.1 Å². The molecule has 6 rings (SSSR count). The zero-order valence-corrected chi connectivity index (χ0v) is 30.1. The van der Waals surface area contributed by atoms with Gasteiger partial charge in [-0.2, -0.15) is 0 Å². The Labute approximate surface area is 280 Å². The van der Waals surface area contributed by atoms with Gasteiger partial charge in [-0.3, -0.25) is 4.79 Å². The molecular weight excluding hydrogens is 607 g/mol. The van der Waals surface area contributed by atoms with Crippen molar-refractivity contribution in [3.05, 3.63) is 82.4 Å². The fourth-order valence-corrected chi connectivity index (χ4v) is 9.73. The lowest BCUT2D eigenvalue weighted by Gasteiger charge is -2.38. The molecule has 0 aliphatic carbocycles. The van der Waals surface area contributed by atoms with Gasteiger partial charge in [0.1, 0.15) is 11.5 Å². The summed E-state index contributed by atoms with van der Waals surface area (Å²) in [6, 6.07) is 17.7. The summed E-state index contributed by atoms with van der Waals surface area (Å²) in [5, 5.41) is 0. The number of nitrogens with two attached hydrogens (primary N) is 1. The smallest absolute Gasteiger partial charge is 0.221 e. The fraction of sp³-hybridized carbons (Fsp3) is 0.375. The molecular formula is C40H47NO5S. The van der Waals surface area contributed by atoms with Crippen LogP contribution < -0.4 is 15.2 Å². The Morgan fingerprint density at radius 2 is 1.11 bits per heavy atom. The second kappa shape index (κ2) is 12.8. The van der Waals surface area contributed by atoms with E-state index in [1.54, 1.807) is 14.2 Å². The van der Waals surface area contributed by atoms with Crippen molar-refractivity contribution in [1.29, 1.82) is 0 Å². The number of amides is 1. The predicted octanol–water partition coefficient (Wildman–Crippen LogP) is 9.37. The van der Waals surface area contributed by atoms with E-state index in [1.165, 1.54) is 0 Å². The molecule has 2 heterocycles. The summed E-state index contributed by atoms with van der Waals surface area (Å²) >= 11 is 0. The first-order valence-corrected chi connectivity index (χ1v) is 17.9. The monoisotopic (exact) mass is 653 g/mol. The second-order valence-corrected chi connectivity index (χ2v) is 15.5. The summed E-state index contributed by atoms with van der Waals surface area (Å²) in [7, 11) is -0.465. The number of sulfone groups is 1. The maximum atomic E-state index is 14.4. The maximum absolute atomic E-state index is 14.4. The van der Waals surface area contributed by atoms with Crippen LogP contribution in [0.3, 0.4) is 0 Å². The highest BCUT2D eigenvalue weighted by molar-refractivity contribution is 7.93. The molecule has 6 nitrogen and oxygen atoms in total. The molecule has 248 valence electrons. The molecule has 2 aliphatic rings. The van der Waals surface area contributed by atoms with Crippen LogP contribution in [0.5, 0.6) is 11.5 Å². The number of para-hydroxylation sites is 2. The SMILES string of the molecule is COc1ccccc1-c1cc(C(C)C)c(CC(N)=O)c(C(C)C)c1-c1c(C(C)C)c2c(-c3ccccc3OC)c(c1C(C)C)S2(=O)=O. The third kappa shape index (κ3) is 5.52. The van der Waals surface area contributed by atoms with Gasteiger partial charge in [0.05, 0.1) is 30.4 Å². The van der Waals surface area contributed by atoms with Gasteiger partial charge in [-0.25, -0.2) is 8.42 Å². The minimum absolute atomic E-state index is 0.0108. The first-order valence-electron chi connectivity index (χ1n) is 16.4. The van der Waals surface area contributed by atoms with Crippen molar-refractivity contribution in [2.45, 2.75) is 95.3 Å². The van der Waals surface area contributed by atoms with E-state index < -0.39 is 15.7 Å². The lowest BCUT2D eigenvalue weighted by atomic mass is 9.73. The Morgan fingerprint density at radius 3 is 1.55 bits per heavy atom. The van der Waals surface area contributed by atoms with E-state index in [-0.39, 0.29) is 30.1 Å². The van der Waals surface area contributed by atoms with Crippen LogP contribution in [0.25, 0.3) is 33.4 Å². The van der Waals surface area contributed by atoms with Gasteiger partial charge in [0, 0.05) is 16.7 Å². The minimum atomic E-state index is -3.74. The lowest BCUT2D eigenvalue weighted by molar-refractivity contribution is -0.117. The van der Waals surface area contributed by atoms with Crippen molar-refractivity contribution in [3.8, 4) is 44.9 Å². The van der Waals surface area contributed by atoms with Crippen molar-refractivity contribution >= 4 is 15.7 Å². The van der Waals surface area contributed by atoms with Gasteiger partial charge in [0.2, 0.25) is 15.7 Å². The second-order valence-electron chi connectivity index (χ2n) is 13.7. The highest BCUT2D eigenvalue weighted by Crippen LogP contribution is 2.61. The Kier molecular flexibility index (Phi) is 9.35. The van der Waals surface area contributed by atoms with Crippen molar-refractivity contribution in [1.82, 2.24) is 0 Å². The fourth-order valence-electron chi connectivity index (χ4n) is 7.46. The van der Waals surface area contributed by atoms with Crippen molar-refractivity contribution in [2.24, 2.45) is 5.73 Å². The average Bonchev–Trinajstić information content (AvgIpc) is 3.02. The number of carbonyl (C=O) groups is 1. The lowest BCUT2D eigenvalue weighted by Crippen LogP contribution is -2.26. The van der Waals surface area contributed by atoms with Gasteiger partial charge >= 0.3 is 0 Å². The summed E-state index contributed by atoms with van der Waals surface area (Å²) < 4.78 is 40.4. The number of methoxy groups -OCH3 is 2. The Balaban J connectivity index is 2.12. The van der Waals surface area contributed by atoms with Crippen LogP contribution in [0.4, 0.5) is 0 Å². The first-order chi connectivity index (χ1) is 22.2. The number of rotatable bonds is 11. The van der Waals surface area contributed by atoms with E-state index in [0.29, 0.717) is 21.3 Å². The van der Waals surface area contributed by atoms with Crippen LogP contribution in [0.15, 0.2) is 64.4 Å². The van der Waals surface area contributed by atoms with Crippen LogP contribution in [-0.4, -0.2) is 28.5 Å².